The summed E-state index contributed by atoms with van der Waals surface area (Å²) >= 11 is 0.792. The van der Waals surface area contributed by atoms with Crippen molar-refractivity contribution >= 4 is 40.6 Å². The number of methoxy groups -OCH3 is 1. The predicted molar refractivity (Wildman–Crippen MR) is 98.5 cm³/mol. The second kappa shape index (κ2) is 7.83. The van der Waals surface area contributed by atoms with Crippen LogP contribution in [-0.4, -0.2) is 40.6 Å². The Bertz CT molecular complexity index is 866. The normalized spacial score (nSPS) is 15.4. The van der Waals surface area contributed by atoms with Gasteiger partial charge in [0.2, 0.25) is 5.91 Å². The summed E-state index contributed by atoms with van der Waals surface area (Å²) in [6.45, 7) is -0.351. The van der Waals surface area contributed by atoms with Gasteiger partial charge in [0.05, 0.1) is 17.7 Å². The van der Waals surface area contributed by atoms with E-state index in [1.54, 1.807) is 55.8 Å². The highest BCUT2D eigenvalue weighted by Gasteiger charge is 2.36. The zero-order valence-electron chi connectivity index (χ0n) is 13.8. The summed E-state index contributed by atoms with van der Waals surface area (Å²) in [6, 6.07) is 12.0. The van der Waals surface area contributed by atoms with E-state index in [1.165, 1.54) is 6.08 Å². The third kappa shape index (κ3) is 4.09. The minimum atomic E-state index is -0.504. The van der Waals surface area contributed by atoms with Gasteiger partial charge in [-0.3, -0.25) is 24.3 Å². The number of rotatable bonds is 5. The quantitative estimate of drug-likeness (QED) is 0.816. The number of nitrogens with zero attached hydrogens (tertiary/aromatic N) is 2. The van der Waals surface area contributed by atoms with Gasteiger partial charge in [-0.25, -0.2) is 0 Å². The first kappa shape index (κ1) is 17.7. The van der Waals surface area contributed by atoms with Crippen LogP contribution in [0.3, 0.4) is 0 Å². The highest BCUT2D eigenvalue weighted by atomic mass is 32.2. The highest BCUT2D eigenvalue weighted by molar-refractivity contribution is 8.18. The Hall–Kier alpha value is -3.13. The number of carbonyl (C=O) groups excluding carboxylic acids is 3. The number of hydrogen-bond acceptors (Lipinski definition) is 6. The Labute approximate surface area is 154 Å². The van der Waals surface area contributed by atoms with Gasteiger partial charge in [-0.2, -0.15) is 0 Å². The predicted octanol–water partition coefficient (Wildman–Crippen LogP) is 2.77. The molecule has 2 aromatic rings. The van der Waals surface area contributed by atoms with E-state index in [-0.39, 0.29) is 11.4 Å². The first-order valence-electron chi connectivity index (χ1n) is 7.67. The van der Waals surface area contributed by atoms with E-state index in [2.05, 4.69) is 10.3 Å². The smallest absolute Gasteiger partial charge is 0.294 e. The van der Waals surface area contributed by atoms with E-state index in [4.69, 9.17) is 4.74 Å². The number of nitrogens with one attached hydrogen (secondary N) is 1. The first-order chi connectivity index (χ1) is 12.6. The van der Waals surface area contributed by atoms with Crippen LogP contribution >= 0.6 is 11.8 Å². The monoisotopic (exact) mass is 369 g/mol. The van der Waals surface area contributed by atoms with Gasteiger partial charge in [-0.05, 0) is 54.2 Å². The molecule has 0 aliphatic carbocycles. The van der Waals surface area contributed by atoms with Crippen LogP contribution in [-0.2, 0) is 9.59 Å². The van der Waals surface area contributed by atoms with Crippen LogP contribution in [0, 0.1) is 0 Å². The molecule has 1 N–H and O–H groups in total. The number of hydrogen-bond donors (Lipinski definition) is 1. The highest BCUT2D eigenvalue weighted by Crippen LogP contribution is 2.31. The Kier molecular flexibility index (Phi) is 5.33. The second-order valence-electron chi connectivity index (χ2n) is 5.30. The lowest BCUT2D eigenvalue weighted by molar-refractivity contribution is -0.127. The lowest BCUT2D eigenvalue weighted by atomic mass is 10.3. The molecule has 7 nitrogen and oxygen atoms in total. The number of amides is 3. The van der Waals surface area contributed by atoms with Gasteiger partial charge < -0.3 is 10.1 Å². The van der Waals surface area contributed by atoms with Crippen molar-refractivity contribution in [3.05, 3.63) is 59.3 Å². The van der Waals surface area contributed by atoms with Crippen LogP contribution in [0.4, 0.5) is 10.5 Å². The van der Waals surface area contributed by atoms with Gasteiger partial charge in [0.1, 0.15) is 12.3 Å². The van der Waals surface area contributed by atoms with Crippen LogP contribution < -0.4 is 10.1 Å². The average molecular weight is 369 g/mol. The van der Waals surface area contributed by atoms with Gasteiger partial charge in [-0.15, -0.1) is 0 Å². The third-order valence-corrected chi connectivity index (χ3v) is 4.42. The first-order valence-corrected chi connectivity index (χ1v) is 8.49. The molecule has 1 aromatic carbocycles. The molecule has 3 amide bonds. The number of aromatic nitrogens is 1. The molecule has 1 saturated heterocycles. The molecule has 0 bridgehead atoms. The lowest BCUT2D eigenvalue weighted by Crippen LogP contribution is -2.36. The van der Waals surface area contributed by atoms with E-state index in [9.17, 15) is 14.4 Å². The van der Waals surface area contributed by atoms with Crippen LogP contribution in [0.15, 0.2) is 53.6 Å². The van der Waals surface area contributed by atoms with Gasteiger partial charge in [0.15, 0.2) is 0 Å². The van der Waals surface area contributed by atoms with E-state index in [0.717, 1.165) is 16.7 Å². The largest absolute Gasteiger partial charge is 0.497 e. The molecular weight excluding hydrogens is 354 g/mol. The van der Waals surface area contributed by atoms with Crippen molar-refractivity contribution < 1.29 is 19.1 Å². The van der Waals surface area contributed by atoms with Crippen molar-refractivity contribution in [2.24, 2.45) is 0 Å². The maximum atomic E-state index is 12.4. The van der Waals surface area contributed by atoms with Crippen LogP contribution in [0.1, 0.15) is 5.69 Å². The molecule has 0 atom stereocenters. The Morgan fingerprint density at radius 1 is 1.23 bits per heavy atom. The zero-order chi connectivity index (χ0) is 18.5. The number of pyridine rings is 1. The van der Waals surface area contributed by atoms with Gasteiger partial charge >= 0.3 is 0 Å². The van der Waals surface area contributed by atoms with Crippen molar-refractivity contribution in [2.45, 2.75) is 0 Å². The van der Waals surface area contributed by atoms with Crippen molar-refractivity contribution in [1.29, 1.82) is 0 Å². The number of ether oxygens (including phenoxy) is 1. The van der Waals surface area contributed by atoms with Crippen molar-refractivity contribution in [1.82, 2.24) is 9.88 Å². The number of anilines is 1. The fourth-order valence-electron chi connectivity index (χ4n) is 2.25. The fraction of sp³-hybridized carbons (Fsp3) is 0.111. The lowest BCUT2D eigenvalue weighted by Gasteiger charge is -2.12. The van der Waals surface area contributed by atoms with Crippen LogP contribution in [0.2, 0.25) is 0 Å². The number of imide groups is 1. The topological polar surface area (TPSA) is 88.6 Å². The average Bonchev–Trinajstić information content (AvgIpc) is 2.90. The molecule has 0 radical (unpaired) electrons. The molecule has 0 spiro atoms. The SMILES string of the molecule is COc1ccc(NC(=O)CN2C(=O)S/C(=C\c3ccccn3)C2=O)cc1. The molecule has 1 aliphatic heterocycles. The molecular formula is C18H15N3O4S. The Morgan fingerprint density at radius 3 is 2.65 bits per heavy atom. The zero-order valence-corrected chi connectivity index (χ0v) is 14.7. The maximum absolute atomic E-state index is 12.4. The number of carbonyl (C=O) groups is 3. The Morgan fingerprint density at radius 2 is 2.00 bits per heavy atom. The van der Waals surface area contributed by atoms with Crippen molar-refractivity contribution in [2.75, 3.05) is 19.0 Å². The van der Waals surface area contributed by atoms with Gasteiger partial charge in [0.25, 0.3) is 11.1 Å². The second-order valence-corrected chi connectivity index (χ2v) is 6.29. The summed E-state index contributed by atoms with van der Waals surface area (Å²) in [6.07, 6.45) is 3.13. The minimum Gasteiger partial charge on any atom is -0.497 e. The molecule has 0 unspecified atom stereocenters. The molecule has 1 aliphatic rings. The molecule has 0 saturated carbocycles. The summed E-state index contributed by atoms with van der Waals surface area (Å²) in [5.74, 6) is -0.305. The standard InChI is InChI=1S/C18H15N3O4S/c1-25-14-7-5-12(6-8-14)20-16(22)11-21-17(23)15(26-18(21)24)10-13-4-2-3-9-19-13/h2-10H,11H2,1H3,(H,20,22)/b15-10-. The van der Waals surface area contributed by atoms with Crippen molar-refractivity contribution in [3.8, 4) is 5.75 Å². The maximum Gasteiger partial charge on any atom is 0.294 e. The van der Waals surface area contributed by atoms with E-state index >= 15 is 0 Å². The van der Waals surface area contributed by atoms with E-state index in [0.29, 0.717) is 17.1 Å². The van der Waals surface area contributed by atoms with Crippen molar-refractivity contribution in [3.63, 3.8) is 0 Å². The minimum absolute atomic E-state index is 0.242. The van der Waals surface area contributed by atoms with E-state index in [1.807, 2.05) is 0 Å². The summed E-state index contributed by atoms with van der Waals surface area (Å²) in [4.78, 5) is 41.9. The summed E-state index contributed by atoms with van der Waals surface area (Å²) in [7, 11) is 1.55. The molecule has 3 rings (SSSR count). The molecule has 1 fully saturated rings. The van der Waals surface area contributed by atoms with Crippen LogP contribution in [0.5, 0.6) is 5.75 Å². The molecule has 132 valence electrons. The number of thioether (sulfide) groups is 1. The molecule has 1 aromatic heterocycles. The summed E-state index contributed by atoms with van der Waals surface area (Å²) in [5, 5.41) is 2.16. The Balaban J connectivity index is 1.65. The fourth-order valence-corrected chi connectivity index (χ4v) is 3.07. The van der Waals surface area contributed by atoms with Gasteiger partial charge in [0, 0.05) is 11.9 Å². The molecule has 26 heavy (non-hydrogen) atoms. The summed E-state index contributed by atoms with van der Waals surface area (Å²) < 4.78 is 5.05. The van der Waals surface area contributed by atoms with Gasteiger partial charge in [-0.1, -0.05) is 6.07 Å². The summed E-state index contributed by atoms with van der Waals surface area (Å²) in [5.41, 5.74) is 1.12. The van der Waals surface area contributed by atoms with E-state index < -0.39 is 17.1 Å². The van der Waals surface area contributed by atoms with Crippen LogP contribution in [0.25, 0.3) is 6.08 Å². The third-order valence-electron chi connectivity index (χ3n) is 3.52. The number of benzene rings is 1. The molecule has 8 heteroatoms. The molecule has 2 heterocycles.